The zero-order valence-electron chi connectivity index (χ0n) is 11.4. The number of nitrogens with zero attached hydrogens (tertiary/aromatic N) is 2. The maximum absolute atomic E-state index is 4.67. The van der Waals surface area contributed by atoms with Crippen molar-refractivity contribution < 1.29 is 0 Å². The summed E-state index contributed by atoms with van der Waals surface area (Å²) in [6.45, 7) is 4.09. The molecule has 4 nitrogen and oxygen atoms in total. The molecule has 0 saturated heterocycles. The van der Waals surface area contributed by atoms with Gasteiger partial charge in [-0.3, -0.25) is 4.98 Å². The Kier molecular flexibility index (Phi) is 2.21. The van der Waals surface area contributed by atoms with Crippen LogP contribution in [0.15, 0.2) is 36.7 Å². The van der Waals surface area contributed by atoms with E-state index in [2.05, 4.69) is 51.1 Å². The van der Waals surface area contributed by atoms with Crippen LogP contribution in [0.4, 0.5) is 0 Å². The Morgan fingerprint density at radius 1 is 0.900 bits per heavy atom. The molecule has 0 spiro atoms. The van der Waals surface area contributed by atoms with Crippen molar-refractivity contribution in [3.63, 3.8) is 0 Å². The summed E-state index contributed by atoms with van der Waals surface area (Å²) in [5.74, 6) is 0.862. The van der Waals surface area contributed by atoms with Gasteiger partial charge in [-0.15, -0.1) is 0 Å². The van der Waals surface area contributed by atoms with Crippen LogP contribution in [0.2, 0.25) is 0 Å². The monoisotopic (exact) mass is 262 g/mol. The number of aromatic amines is 2. The normalized spacial score (nSPS) is 11.5. The second kappa shape index (κ2) is 3.93. The lowest BCUT2D eigenvalue weighted by Crippen LogP contribution is -1.83. The van der Waals surface area contributed by atoms with E-state index in [1.807, 2.05) is 19.3 Å². The number of fused-ring (bicyclic) bond motifs is 2. The molecule has 0 radical (unpaired) electrons. The van der Waals surface area contributed by atoms with Gasteiger partial charge in [-0.1, -0.05) is 0 Å². The minimum atomic E-state index is 0.862. The van der Waals surface area contributed by atoms with Crippen LogP contribution in [0.5, 0.6) is 0 Å². The van der Waals surface area contributed by atoms with Gasteiger partial charge in [0.15, 0.2) is 0 Å². The number of aromatic nitrogens is 4. The highest BCUT2D eigenvalue weighted by Crippen LogP contribution is 2.25. The summed E-state index contributed by atoms with van der Waals surface area (Å²) in [5.41, 5.74) is 6.45. The molecule has 2 N–H and O–H groups in total. The largest absolute Gasteiger partial charge is 0.359 e. The van der Waals surface area contributed by atoms with Crippen molar-refractivity contribution >= 4 is 21.9 Å². The molecule has 4 aromatic rings. The number of hydrogen-bond acceptors (Lipinski definition) is 2. The molecule has 1 aromatic carbocycles. The minimum absolute atomic E-state index is 0.862. The second-order valence-corrected chi connectivity index (χ2v) is 5.25. The Balaban J connectivity index is 1.94. The number of hydrogen-bond donors (Lipinski definition) is 2. The summed E-state index contributed by atoms with van der Waals surface area (Å²) in [5, 5.41) is 1.20. The number of nitrogens with one attached hydrogen (secondary N) is 2. The number of H-pyrrole nitrogens is 2. The van der Waals surface area contributed by atoms with Gasteiger partial charge in [-0.2, -0.15) is 0 Å². The second-order valence-electron chi connectivity index (χ2n) is 5.25. The van der Waals surface area contributed by atoms with Crippen molar-refractivity contribution in [1.82, 2.24) is 19.9 Å². The van der Waals surface area contributed by atoms with Crippen LogP contribution in [0.3, 0.4) is 0 Å². The smallest absolute Gasteiger partial charge is 0.140 e. The van der Waals surface area contributed by atoms with Crippen LogP contribution in [-0.2, 0) is 0 Å². The van der Waals surface area contributed by atoms with Crippen molar-refractivity contribution in [3.05, 3.63) is 47.9 Å². The zero-order chi connectivity index (χ0) is 13.7. The van der Waals surface area contributed by atoms with Crippen LogP contribution in [0.25, 0.3) is 33.3 Å². The van der Waals surface area contributed by atoms with E-state index in [1.54, 1.807) is 0 Å². The highest BCUT2D eigenvalue weighted by molar-refractivity contribution is 5.95. The lowest BCUT2D eigenvalue weighted by molar-refractivity contribution is 1.24. The standard InChI is InChI=1S/C16H14N4/c1-9-3-12(8-17-7-9)16-19-14-5-11-4-10(2)18-13(11)6-15(14)20-16/h3-8,18H,1-2H3,(H,19,20). The first-order chi connectivity index (χ1) is 9.69. The van der Waals surface area contributed by atoms with Crippen LogP contribution in [0.1, 0.15) is 11.3 Å². The first kappa shape index (κ1) is 11.2. The van der Waals surface area contributed by atoms with E-state index in [-0.39, 0.29) is 0 Å². The molecular formula is C16H14N4. The first-order valence-corrected chi connectivity index (χ1v) is 6.60. The van der Waals surface area contributed by atoms with Gasteiger partial charge in [0.1, 0.15) is 5.82 Å². The van der Waals surface area contributed by atoms with Gasteiger partial charge in [0, 0.05) is 34.6 Å². The average Bonchev–Trinajstić information content (AvgIpc) is 2.97. The number of pyridine rings is 1. The Morgan fingerprint density at radius 2 is 1.80 bits per heavy atom. The number of rotatable bonds is 1. The van der Waals surface area contributed by atoms with Gasteiger partial charge in [-0.05, 0) is 43.7 Å². The van der Waals surface area contributed by atoms with E-state index in [9.17, 15) is 0 Å². The average molecular weight is 262 g/mol. The van der Waals surface area contributed by atoms with Crippen molar-refractivity contribution in [2.45, 2.75) is 13.8 Å². The fraction of sp³-hybridized carbons (Fsp3) is 0.125. The Bertz CT molecular complexity index is 879. The Labute approximate surface area is 115 Å². The predicted molar refractivity (Wildman–Crippen MR) is 80.7 cm³/mol. The molecule has 0 aliphatic rings. The minimum Gasteiger partial charge on any atom is -0.359 e. The van der Waals surface area contributed by atoms with Gasteiger partial charge in [-0.25, -0.2) is 4.98 Å². The molecule has 0 atom stereocenters. The van der Waals surface area contributed by atoms with Crippen molar-refractivity contribution in [1.29, 1.82) is 0 Å². The fourth-order valence-electron chi connectivity index (χ4n) is 2.60. The van der Waals surface area contributed by atoms with Crippen molar-refractivity contribution in [2.24, 2.45) is 0 Å². The molecule has 20 heavy (non-hydrogen) atoms. The summed E-state index contributed by atoms with van der Waals surface area (Å²) in [4.78, 5) is 15.6. The molecule has 0 fully saturated rings. The molecule has 0 saturated carbocycles. The lowest BCUT2D eigenvalue weighted by atomic mass is 10.2. The zero-order valence-corrected chi connectivity index (χ0v) is 11.4. The first-order valence-electron chi connectivity index (χ1n) is 6.60. The van der Waals surface area contributed by atoms with Crippen molar-refractivity contribution in [3.8, 4) is 11.4 Å². The summed E-state index contributed by atoms with van der Waals surface area (Å²) in [7, 11) is 0. The molecule has 0 amide bonds. The molecule has 0 aliphatic carbocycles. The van der Waals surface area contributed by atoms with Gasteiger partial charge in [0.05, 0.1) is 11.0 Å². The third-order valence-electron chi connectivity index (χ3n) is 3.51. The highest BCUT2D eigenvalue weighted by atomic mass is 14.9. The molecule has 3 heterocycles. The highest BCUT2D eigenvalue weighted by Gasteiger charge is 2.08. The van der Waals surface area contributed by atoms with Crippen LogP contribution in [0, 0.1) is 13.8 Å². The van der Waals surface area contributed by atoms with Crippen LogP contribution >= 0.6 is 0 Å². The van der Waals surface area contributed by atoms with Crippen LogP contribution in [-0.4, -0.2) is 19.9 Å². The summed E-state index contributed by atoms with van der Waals surface area (Å²) in [6, 6.07) is 8.44. The topological polar surface area (TPSA) is 57.4 Å². The molecular weight excluding hydrogens is 248 g/mol. The van der Waals surface area contributed by atoms with Crippen molar-refractivity contribution in [2.75, 3.05) is 0 Å². The quantitative estimate of drug-likeness (QED) is 0.549. The van der Waals surface area contributed by atoms with Gasteiger partial charge in [0.25, 0.3) is 0 Å². The molecule has 4 rings (SSSR count). The molecule has 3 aromatic heterocycles. The molecule has 0 unspecified atom stereocenters. The van der Waals surface area contributed by atoms with E-state index in [1.165, 1.54) is 5.39 Å². The maximum Gasteiger partial charge on any atom is 0.140 e. The SMILES string of the molecule is Cc1cncc(-c2nc3cc4[nH]c(C)cc4cc3[nH]2)c1. The third-order valence-corrected chi connectivity index (χ3v) is 3.51. The Morgan fingerprint density at radius 3 is 2.65 bits per heavy atom. The molecule has 0 aliphatic heterocycles. The molecule has 0 bridgehead atoms. The molecule has 98 valence electrons. The van der Waals surface area contributed by atoms with E-state index in [4.69, 9.17) is 0 Å². The van der Waals surface area contributed by atoms with Gasteiger partial charge < -0.3 is 9.97 Å². The fourth-order valence-corrected chi connectivity index (χ4v) is 2.60. The predicted octanol–water partition coefficient (Wildman–Crippen LogP) is 3.72. The van der Waals surface area contributed by atoms with E-state index >= 15 is 0 Å². The van der Waals surface area contributed by atoms with Gasteiger partial charge >= 0.3 is 0 Å². The third kappa shape index (κ3) is 1.69. The summed E-state index contributed by atoms with van der Waals surface area (Å²) < 4.78 is 0. The lowest BCUT2D eigenvalue weighted by Gasteiger charge is -1.96. The number of imidazole rings is 1. The number of aryl methyl sites for hydroxylation is 2. The van der Waals surface area contributed by atoms with E-state index < -0.39 is 0 Å². The summed E-state index contributed by atoms with van der Waals surface area (Å²) >= 11 is 0. The Hall–Kier alpha value is -2.62. The van der Waals surface area contributed by atoms with Crippen LogP contribution < -0.4 is 0 Å². The summed E-state index contributed by atoms with van der Waals surface area (Å²) in [6.07, 6.45) is 3.68. The maximum atomic E-state index is 4.67. The van der Waals surface area contributed by atoms with Gasteiger partial charge in [0.2, 0.25) is 0 Å². The van der Waals surface area contributed by atoms with E-state index in [0.717, 1.165) is 39.2 Å². The number of benzene rings is 1. The van der Waals surface area contributed by atoms with E-state index in [0.29, 0.717) is 0 Å². The molecule has 4 heteroatoms.